The first-order valence-electron chi connectivity index (χ1n) is 5.92. The normalized spacial score (nSPS) is 25.8. The number of rotatable bonds is 2. The minimum absolute atomic E-state index is 0.0432. The lowest BCUT2D eigenvalue weighted by molar-refractivity contribution is -0.150. The summed E-state index contributed by atoms with van der Waals surface area (Å²) in [6.45, 7) is 2.41. The van der Waals surface area contributed by atoms with Crippen LogP contribution < -0.4 is 0 Å². The van der Waals surface area contributed by atoms with Crippen LogP contribution in [0.4, 0.5) is 0 Å². The van der Waals surface area contributed by atoms with E-state index in [0.717, 1.165) is 12.8 Å². The van der Waals surface area contributed by atoms with Crippen molar-refractivity contribution in [2.24, 2.45) is 11.3 Å². The van der Waals surface area contributed by atoms with Crippen LogP contribution in [0.25, 0.3) is 0 Å². The summed E-state index contributed by atoms with van der Waals surface area (Å²) in [5.74, 6) is 0.253. The molecular weight excluding hydrogens is 176 g/mol. The Morgan fingerprint density at radius 3 is 2.36 bits per heavy atom. The van der Waals surface area contributed by atoms with Crippen LogP contribution in [-0.4, -0.2) is 12.6 Å². The van der Waals surface area contributed by atoms with Crippen LogP contribution in [0.15, 0.2) is 0 Å². The molecule has 0 bridgehead atoms. The maximum atomic E-state index is 11.5. The van der Waals surface area contributed by atoms with E-state index in [2.05, 4.69) is 0 Å². The molecule has 0 radical (unpaired) electrons. The molecule has 0 saturated heterocycles. The minimum atomic E-state index is 0.0432. The van der Waals surface area contributed by atoms with Gasteiger partial charge in [0.2, 0.25) is 0 Å². The average molecular weight is 196 g/mol. The second kappa shape index (κ2) is 3.92. The van der Waals surface area contributed by atoms with Crippen molar-refractivity contribution in [2.45, 2.75) is 51.9 Å². The molecule has 0 unspecified atom stereocenters. The van der Waals surface area contributed by atoms with Gasteiger partial charge >= 0.3 is 5.97 Å². The van der Waals surface area contributed by atoms with E-state index in [1.165, 1.54) is 32.1 Å². The van der Waals surface area contributed by atoms with Crippen molar-refractivity contribution in [1.82, 2.24) is 0 Å². The first kappa shape index (κ1) is 10.0. The number of hydrogen-bond donors (Lipinski definition) is 0. The van der Waals surface area contributed by atoms with E-state index in [-0.39, 0.29) is 11.9 Å². The first-order valence-corrected chi connectivity index (χ1v) is 5.92. The summed E-state index contributed by atoms with van der Waals surface area (Å²) in [5.41, 5.74) is 0.656. The fraction of sp³-hybridized carbons (Fsp3) is 0.917. The summed E-state index contributed by atoms with van der Waals surface area (Å²) in [4.78, 5) is 11.5. The molecule has 0 amide bonds. The van der Waals surface area contributed by atoms with E-state index in [9.17, 15) is 4.79 Å². The van der Waals surface area contributed by atoms with Crippen LogP contribution in [0.2, 0.25) is 0 Å². The predicted octanol–water partition coefficient (Wildman–Crippen LogP) is 2.91. The molecule has 2 aliphatic rings. The highest BCUT2D eigenvalue weighted by Crippen LogP contribution is 2.52. The monoisotopic (exact) mass is 196 g/mol. The summed E-state index contributed by atoms with van der Waals surface area (Å²) in [6, 6.07) is 0. The lowest BCUT2D eigenvalue weighted by Gasteiger charge is -2.46. The summed E-state index contributed by atoms with van der Waals surface area (Å²) in [7, 11) is 0. The van der Waals surface area contributed by atoms with Gasteiger partial charge in [0.15, 0.2) is 0 Å². The largest absolute Gasteiger partial charge is 0.466 e. The Morgan fingerprint density at radius 2 is 1.93 bits per heavy atom. The van der Waals surface area contributed by atoms with Gasteiger partial charge in [0, 0.05) is 0 Å². The maximum absolute atomic E-state index is 11.5. The van der Waals surface area contributed by atoms with Crippen molar-refractivity contribution in [2.75, 3.05) is 6.61 Å². The molecule has 0 aromatic heterocycles. The molecule has 0 heterocycles. The molecule has 0 N–H and O–H groups in total. The predicted molar refractivity (Wildman–Crippen MR) is 54.9 cm³/mol. The molecule has 2 aliphatic carbocycles. The van der Waals surface area contributed by atoms with Crippen LogP contribution in [-0.2, 0) is 9.53 Å². The Labute approximate surface area is 86.0 Å². The zero-order valence-electron chi connectivity index (χ0n) is 9.05. The molecule has 0 atom stereocenters. The van der Waals surface area contributed by atoms with E-state index in [0.29, 0.717) is 12.0 Å². The lowest BCUT2D eigenvalue weighted by atomic mass is 9.59. The molecule has 0 aromatic carbocycles. The van der Waals surface area contributed by atoms with E-state index < -0.39 is 0 Å². The Balaban J connectivity index is 1.80. The molecule has 2 heteroatoms. The quantitative estimate of drug-likeness (QED) is 0.635. The van der Waals surface area contributed by atoms with Crippen LogP contribution >= 0.6 is 0 Å². The first-order chi connectivity index (χ1) is 6.76. The Bertz CT molecular complexity index is 208. The van der Waals surface area contributed by atoms with Gasteiger partial charge in [0.25, 0.3) is 0 Å². The topological polar surface area (TPSA) is 26.3 Å². The summed E-state index contributed by atoms with van der Waals surface area (Å²) in [5, 5.41) is 0. The van der Waals surface area contributed by atoms with Gasteiger partial charge in [-0.25, -0.2) is 0 Å². The molecule has 2 nitrogen and oxygen atoms in total. The van der Waals surface area contributed by atoms with Crippen molar-refractivity contribution in [3.05, 3.63) is 0 Å². The van der Waals surface area contributed by atoms with Gasteiger partial charge in [-0.3, -0.25) is 4.79 Å². The number of ether oxygens (including phenoxy) is 1. The SMILES string of the molecule is CCOC(=O)C1CCC2(CCC2)CC1. The van der Waals surface area contributed by atoms with Crippen molar-refractivity contribution < 1.29 is 9.53 Å². The second-order valence-corrected chi connectivity index (χ2v) is 4.88. The smallest absolute Gasteiger partial charge is 0.308 e. The lowest BCUT2D eigenvalue weighted by Crippen LogP contribution is -2.36. The van der Waals surface area contributed by atoms with Crippen LogP contribution in [0.3, 0.4) is 0 Å². The Hall–Kier alpha value is -0.530. The highest BCUT2D eigenvalue weighted by molar-refractivity contribution is 5.72. The van der Waals surface area contributed by atoms with Gasteiger partial charge in [-0.1, -0.05) is 6.42 Å². The Morgan fingerprint density at radius 1 is 1.29 bits per heavy atom. The maximum Gasteiger partial charge on any atom is 0.308 e. The van der Waals surface area contributed by atoms with E-state index in [1.54, 1.807) is 0 Å². The van der Waals surface area contributed by atoms with Crippen molar-refractivity contribution >= 4 is 5.97 Å². The highest BCUT2D eigenvalue weighted by Gasteiger charge is 2.41. The van der Waals surface area contributed by atoms with Crippen molar-refractivity contribution in [1.29, 1.82) is 0 Å². The highest BCUT2D eigenvalue weighted by atomic mass is 16.5. The number of esters is 1. The van der Waals surface area contributed by atoms with Gasteiger partial charge in [0.1, 0.15) is 0 Å². The average Bonchev–Trinajstić information content (AvgIpc) is 2.16. The molecule has 1 spiro atoms. The third-order valence-electron chi connectivity index (χ3n) is 4.08. The fourth-order valence-corrected chi connectivity index (χ4v) is 2.90. The molecular formula is C12H20O2. The van der Waals surface area contributed by atoms with Crippen molar-refractivity contribution in [3.8, 4) is 0 Å². The molecule has 14 heavy (non-hydrogen) atoms. The van der Waals surface area contributed by atoms with E-state index >= 15 is 0 Å². The van der Waals surface area contributed by atoms with Gasteiger partial charge < -0.3 is 4.74 Å². The standard InChI is InChI=1S/C12H20O2/c1-2-14-11(13)10-4-8-12(9-5-10)6-3-7-12/h10H,2-9H2,1H3. The van der Waals surface area contributed by atoms with Crippen LogP contribution in [0, 0.1) is 11.3 Å². The van der Waals surface area contributed by atoms with Crippen LogP contribution in [0.1, 0.15) is 51.9 Å². The van der Waals surface area contributed by atoms with Gasteiger partial charge in [-0.05, 0) is 50.9 Å². The molecule has 0 aliphatic heterocycles. The second-order valence-electron chi connectivity index (χ2n) is 4.88. The van der Waals surface area contributed by atoms with E-state index in [4.69, 9.17) is 4.74 Å². The van der Waals surface area contributed by atoms with Gasteiger partial charge in [-0.15, -0.1) is 0 Å². The minimum Gasteiger partial charge on any atom is -0.466 e. The summed E-state index contributed by atoms with van der Waals surface area (Å²) in [6.07, 6.45) is 8.87. The molecule has 80 valence electrons. The zero-order valence-corrected chi connectivity index (χ0v) is 9.05. The molecule has 2 rings (SSSR count). The zero-order chi connectivity index (χ0) is 10.0. The van der Waals surface area contributed by atoms with Gasteiger partial charge in [0.05, 0.1) is 12.5 Å². The molecule has 0 aromatic rings. The number of hydrogen-bond acceptors (Lipinski definition) is 2. The number of carbonyl (C=O) groups is 1. The van der Waals surface area contributed by atoms with Crippen molar-refractivity contribution in [3.63, 3.8) is 0 Å². The fourth-order valence-electron chi connectivity index (χ4n) is 2.90. The van der Waals surface area contributed by atoms with Gasteiger partial charge in [-0.2, -0.15) is 0 Å². The summed E-state index contributed by atoms with van der Waals surface area (Å²) >= 11 is 0. The Kier molecular flexibility index (Phi) is 2.80. The molecule has 2 fully saturated rings. The number of carbonyl (C=O) groups excluding carboxylic acids is 1. The molecule has 2 saturated carbocycles. The summed E-state index contributed by atoms with van der Waals surface area (Å²) < 4.78 is 5.06. The van der Waals surface area contributed by atoms with Crippen LogP contribution in [0.5, 0.6) is 0 Å². The third kappa shape index (κ3) is 1.79. The van der Waals surface area contributed by atoms with E-state index in [1.807, 2.05) is 6.92 Å². The third-order valence-corrected chi connectivity index (χ3v) is 4.08.